The van der Waals surface area contributed by atoms with E-state index in [4.69, 9.17) is 0 Å². The molecule has 1 aromatic carbocycles. The molecule has 1 aliphatic heterocycles. The lowest BCUT2D eigenvalue weighted by Gasteiger charge is -2.38. The zero-order valence-corrected chi connectivity index (χ0v) is 16.4. The molecule has 1 unspecified atom stereocenters. The Morgan fingerprint density at radius 3 is 2.38 bits per heavy atom. The zero-order chi connectivity index (χ0) is 17.4. The van der Waals surface area contributed by atoms with Gasteiger partial charge in [-0.3, -0.25) is 0 Å². The maximum Gasteiger partial charge on any atom is 0.442 e. The Bertz CT molecular complexity index is 630. The number of allylic oxidation sites excluding steroid dienone is 1. The predicted molar refractivity (Wildman–Crippen MR) is 100 cm³/mol. The fourth-order valence-electron chi connectivity index (χ4n) is 3.92. The van der Waals surface area contributed by atoms with Crippen LogP contribution in [0.5, 0.6) is 0 Å². The van der Waals surface area contributed by atoms with Crippen LogP contribution in [0, 0.1) is 5.92 Å². The highest BCUT2D eigenvalue weighted by molar-refractivity contribution is 9.59. The second-order valence-electron chi connectivity index (χ2n) is 6.84. The van der Waals surface area contributed by atoms with Gasteiger partial charge in [0, 0.05) is 4.90 Å². The molecule has 1 atom stereocenters. The van der Waals surface area contributed by atoms with Gasteiger partial charge in [0.15, 0.2) is 0 Å². The van der Waals surface area contributed by atoms with E-state index >= 15 is 0 Å². The summed E-state index contributed by atoms with van der Waals surface area (Å²) in [6, 6.07) is 5.67. The average Bonchev–Trinajstić information content (AvgIpc) is 2.69. The molecule has 0 bridgehead atoms. The first kappa shape index (κ1) is 18.4. The van der Waals surface area contributed by atoms with Gasteiger partial charge >= 0.3 is 5.51 Å². The fourth-order valence-corrected chi connectivity index (χ4v) is 8.35. The molecule has 2 aliphatic rings. The number of halogens is 4. The smallest absolute Gasteiger partial charge is 0.160 e. The minimum atomic E-state index is -4.25. The van der Waals surface area contributed by atoms with E-state index in [2.05, 4.69) is 21.7 Å². The van der Waals surface area contributed by atoms with Crippen LogP contribution in [0.2, 0.25) is 0 Å². The van der Waals surface area contributed by atoms with E-state index < -0.39 is 14.0 Å². The van der Waals surface area contributed by atoms with Crippen molar-refractivity contribution < 1.29 is 13.2 Å². The molecule has 1 heterocycles. The standard InChI is InChI=1S/C19H24BrF3S/c1-2-7-14-10-11-16-13-18(15-8-5-3-4-6-9-15)24(20,17(16)12-14)19(21,22)23/h10-13,15H,2-9H2,1H3. The highest BCUT2D eigenvalue weighted by Crippen LogP contribution is 2.82. The van der Waals surface area contributed by atoms with Crippen LogP contribution in [-0.2, 0) is 6.42 Å². The molecule has 1 fully saturated rings. The first-order valence-corrected chi connectivity index (χ1v) is 12.3. The van der Waals surface area contributed by atoms with Crippen molar-refractivity contribution in [2.24, 2.45) is 5.92 Å². The van der Waals surface area contributed by atoms with Gasteiger partial charge in [0.05, 0.1) is 0 Å². The van der Waals surface area contributed by atoms with Crippen molar-refractivity contribution in [1.29, 1.82) is 0 Å². The van der Waals surface area contributed by atoms with Gasteiger partial charge in [-0.25, -0.2) is 0 Å². The molecule has 1 saturated carbocycles. The summed E-state index contributed by atoms with van der Waals surface area (Å²) in [7, 11) is -3.10. The monoisotopic (exact) mass is 420 g/mol. The molecule has 0 aromatic heterocycles. The molecule has 0 radical (unpaired) electrons. The Morgan fingerprint density at radius 2 is 1.79 bits per heavy atom. The van der Waals surface area contributed by atoms with E-state index in [0.717, 1.165) is 62.5 Å². The van der Waals surface area contributed by atoms with Gasteiger partial charge in [-0.1, -0.05) is 51.2 Å². The third kappa shape index (κ3) is 3.18. The average molecular weight is 421 g/mol. The van der Waals surface area contributed by atoms with Crippen LogP contribution in [0.3, 0.4) is 0 Å². The highest BCUT2D eigenvalue weighted by Gasteiger charge is 2.56. The van der Waals surface area contributed by atoms with E-state index in [-0.39, 0.29) is 5.92 Å². The number of hydrogen-bond acceptors (Lipinski definition) is 0. The number of benzene rings is 1. The number of alkyl halides is 3. The summed E-state index contributed by atoms with van der Waals surface area (Å²) in [5.41, 5.74) is -2.48. The number of rotatable bonds is 3. The zero-order valence-electron chi connectivity index (χ0n) is 14.0. The van der Waals surface area contributed by atoms with Gasteiger partial charge in [0.2, 0.25) is 0 Å². The van der Waals surface area contributed by atoms with E-state index in [1.54, 1.807) is 6.07 Å². The summed E-state index contributed by atoms with van der Waals surface area (Å²) in [6.07, 6.45) is 9.77. The first-order chi connectivity index (χ1) is 11.4. The van der Waals surface area contributed by atoms with Crippen molar-refractivity contribution in [1.82, 2.24) is 0 Å². The van der Waals surface area contributed by atoms with Crippen molar-refractivity contribution in [2.75, 3.05) is 0 Å². The van der Waals surface area contributed by atoms with Crippen LogP contribution in [-0.4, -0.2) is 5.51 Å². The van der Waals surface area contributed by atoms with Crippen molar-refractivity contribution in [3.8, 4) is 0 Å². The summed E-state index contributed by atoms with van der Waals surface area (Å²) in [4.78, 5) is 1.08. The summed E-state index contributed by atoms with van der Waals surface area (Å²) >= 11 is 3.27. The Balaban J connectivity index is 2.06. The maximum atomic E-state index is 14.2. The predicted octanol–water partition coefficient (Wildman–Crippen LogP) is 7.96. The molecule has 0 spiro atoms. The Morgan fingerprint density at radius 1 is 1.12 bits per heavy atom. The van der Waals surface area contributed by atoms with E-state index in [0.29, 0.717) is 9.80 Å². The molecule has 1 aliphatic carbocycles. The Labute approximate surface area is 151 Å². The van der Waals surface area contributed by atoms with Crippen LogP contribution < -0.4 is 0 Å². The van der Waals surface area contributed by atoms with Crippen molar-refractivity contribution in [3.63, 3.8) is 0 Å². The van der Waals surface area contributed by atoms with Crippen LogP contribution in [0.15, 0.2) is 28.0 Å². The third-order valence-corrected chi connectivity index (χ3v) is 11.1. The number of fused-ring (bicyclic) bond motifs is 1. The molecular weight excluding hydrogens is 397 g/mol. The third-order valence-electron chi connectivity index (χ3n) is 5.12. The topological polar surface area (TPSA) is 0 Å². The van der Waals surface area contributed by atoms with Gasteiger partial charge in [-0.15, -0.1) is 0 Å². The molecule has 0 amide bonds. The van der Waals surface area contributed by atoms with Crippen LogP contribution >= 0.6 is 23.3 Å². The van der Waals surface area contributed by atoms with E-state index in [1.165, 1.54) is 0 Å². The number of aryl methyl sites for hydroxylation is 1. The fraction of sp³-hybridized carbons (Fsp3) is 0.579. The molecule has 0 saturated heterocycles. The first-order valence-electron chi connectivity index (χ1n) is 8.81. The Hall–Kier alpha value is -0.420. The molecule has 0 N–H and O–H groups in total. The van der Waals surface area contributed by atoms with Gasteiger partial charge < -0.3 is 0 Å². The lowest BCUT2D eigenvalue weighted by atomic mass is 9.98. The molecule has 1 aromatic rings. The van der Waals surface area contributed by atoms with Crippen LogP contribution in [0.4, 0.5) is 13.2 Å². The summed E-state index contributed by atoms with van der Waals surface area (Å²) < 4.78 is 42.6. The minimum absolute atomic E-state index is 0.0607. The summed E-state index contributed by atoms with van der Waals surface area (Å²) in [5.74, 6) is 0.0607. The van der Waals surface area contributed by atoms with Gasteiger partial charge in [0.1, 0.15) is 0 Å². The molecule has 24 heavy (non-hydrogen) atoms. The second-order valence-corrected chi connectivity index (χ2v) is 12.2. The quantitative estimate of drug-likeness (QED) is 0.435. The molecule has 0 nitrogen and oxygen atoms in total. The molecular formula is C19H24BrF3S. The number of hydrogen-bond donors (Lipinski definition) is 0. The lowest BCUT2D eigenvalue weighted by Crippen LogP contribution is -2.19. The Kier molecular flexibility index (Phi) is 5.41. The van der Waals surface area contributed by atoms with E-state index in [9.17, 15) is 13.2 Å². The van der Waals surface area contributed by atoms with Crippen molar-refractivity contribution in [2.45, 2.75) is 68.7 Å². The largest absolute Gasteiger partial charge is 0.442 e. The van der Waals surface area contributed by atoms with E-state index in [1.807, 2.05) is 18.2 Å². The summed E-state index contributed by atoms with van der Waals surface area (Å²) in [6.45, 7) is 2.06. The summed E-state index contributed by atoms with van der Waals surface area (Å²) in [5, 5.41) is 0. The van der Waals surface area contributed by atoms with Gasteiger partial charge in [-0.2, -0.15) is 13.2 Å². The lowest BCUT2D eigenvalue weighted by molar-refractivity contribution is -0.0357. The van der Waals surface area contributed by atoms with Crippen LogP contribution in [0.1, 0.15) is 63.0 Å². The molecule has 3 rings (SSSR count). The van der Waals surface area contributed by atoms with Gasteiger partial charge in [-0.05, 0) is 76.6 Å². The van der Waals surface area contributed by atoms with Crippen molar-refractivity contribution >= 4 is 29.4 Å². The maximum absolute atomic E-state index is 14.2. The van der Waals surface area contributed by atoms with Crippen LogP contribution in [0.25, 0.3) is 6.08 Å². The highest BCUT2D eigenvalue weighted by atomic mass is 79.9. The second kappa shape index (κ2) is 7.06. The normalized spacial score (nSPS) is 28.0. The minimum Gasteiger partial charge on any atom is -0.160 e. The SMILES string of the molecule is CCCc1ccc2c(c1)S(Br)(C(F)(F)F)C(C1CCCCCC1)=C2. The molecule has 5 heteroatoms. The van der Waals surface area contributed by atoms with Crippen molar-refractivity contribution in [3.05, 3.63) is 34.2 Å². The van der Waals surface area contributed by atoms with Gasteiger partial charge in [0.25, 0.3) is 0 Å². The molecule has 134 valence electrons.